The zero-order valence-corrected chi connectivity index (χ0v) is 12.9. The van der Waals surface area contributed by atoms with E-state index in [1.54, 1.807) is 11.3 Å². The van der Waals surface area contributed by atoms with E-state index in [-0.39, 0.29) is 0 Å². The number of benzene rings is 1. The molecule has 0 amide bonds. The normalized spacial score (nSPS) is 11.1. The van der Waals surface area contributed by atoms with Crippen LogP contribution in [-0.4, -0.2) is 15.9 Å². The molecule has 4 nitrogen and oxygen atoms in total. The molecular formula is C16H19N3OS. The molecule has 3 rings (SSSR count). The lowest BCUT2D eigenvalue weighted by Crippen LogP contribution is -2.13. The van der Waals surface area contributed by atoms with Crippen molar-refractivity contribution in [1.29, 1.82) is 0 Å². The Morgan fingerprint density at radius 2 is 2.14 bits per heavy atom. The first-order valence-corrected chi connectivity index (χ1v) is 8.06. The summed E-state index contributed by atoms with van der Waals surface area (Å²) in [4.78, 5) is 5.51. The van der Waals surface area contributed by atoms with Crippen LogP contribution in [-0.2, 0) is 13.2 Å². The van der Waals surface area contributed by atoms with E-state index in [0.29, 0.717) is 6.61 Å². The van der Waals surface area contributed by atoms with Crippen molar-refractivity contribution in [1.82, 2.24) is 14.7 Å². The average molecular weight is 301 g/mol. The van der Waals surface area contributed by atoms with Gasteiger partial charge in [-0.3, -0.25) is 4.40 Å². The van der Waals surface area contributed by atoms with Crippen LogP contribution in [0.2, 0.25) is 0 Å². The first-order chi connectivity index (χ1) is 10.3. The highest BCUT2D eigenvalue weighted by Gasteiger charge is 2.03. The Morgan fingerprint density at radius 1 is 1.29 bits per heavy atom. The molecule has 0 bridgehead atoms. The van der Waals surface area contributed by atoms with Crippen molar-refractivity contribution >= 4 is 16.3 Å². The summed E-state index contributed by atoms with van der Waals surface area (Å²) in [5, 5.41) is 5.41. The van der Waals surface area contributed by atoms with Crippen LogP contribution in [0.1, 0.15) is 24.6 Å². The van der Waals surface area contributed by atoms with Crippen molar-refractivity contribution < 1.29 is 4.74 Å². The Kier molecular flexibility index (Phi) is 4.52. The molecule has 21 heavy (non-hydrogen) atoms. The minimum absolute atomic E-state index is 0.502. The third-order valence-electron chi connectivity index (χ3n) is 3.21. The van der Waals surface area contributed by atoms with Gasteiger partial charge in [-0.2, -0.15) is 0 Å². The minimum atomic E-state index is 0.502. The number of fused-ring (bicyclic) bond motifs is 1. The molecular weight excluding hydrogens is 282 g/mol. The zero-order chi connectivity index (χ0) is 14.5. The van der Waals surface area contributed by atoms with Gasteiger partial charge in [0.25, 0.3) is 0 Å². The van der Waals surface area contributed by atoms with Gasteiger partial charge in [-0.05, 0) is 30.7 Å². The number of thiazole rings is 1. The molecule has 1 aromatic carbocycles. The van der Waals surface area contributed by atoms with Crippen LogP contribution >= 0.6 is 11.3 Å². The summed E-state index contributed by atoms with van der Waals surface area (Å²) in [6.07, 6.45) is 5.17. The standard InChI is InChI=1S/C16H19N3OS/c1-2-7-17-10-13-3-5-15(6-4-13)20-12-14-11-19-8-9-21-16(19)18-14/h3-6,8-9,11,17H,2,7,10,12H2,1H3. The number of ether oxygens (including phenoxy) is 1. The first kappa shape index (κ1) is 14.1. The van der Waals surface area contributed by atoms with E-state index in [1.807, 2.05) is 34.3 Å². The Morgan fingerprint density at radius 3 is 2.90 bits per heavy atom. The van der Waals surface area contributed by atoms with Gasteiger partial charge in [0.2, 0.25) is 0 Å². The molecule has 1 N–H and O–H groups in total. The summed E-state index contributed by atoms with van der Waals surface area (Å²) < 4.78 is 7.80. The van der Waals surface area contributed by atoms with Crippen LogP contribution in [0.5, 0.6) is 5.75 Å². The molecule has 0 aliphatic rings. The molecule has 0 unspecified atom stereocenters. The third-order valence-corrected chi connectivity index (χ3v) is 3.98. The molecule has 110 valence electrons. The largest absolute Gasteiger partial charge is 0.487 e. The number of aromatic nitrogens is 2. The Hall–Kier alpha value is -1.85. The summed E-state index contributed by atoms with van der Waals surface area (Å²) in [7, 11) is 0. The highest BCUT2D eigenvalue weighted by atomic mass is 32.1. The van der Waals surface area contributed by atoms with E-state index < -0.39 is 0 Å². The van der Waals surface area contributed by atoms with Gasteiger partial charge in [0.1, 0.15) is 12.4 Å². The molecule has 0 saturated carbocycles. The van der Waals surface area contributed by atoms with Crippen molar-refractivity contribution in [3.63, 3.8) is 0 Å². The molecule has 0 aliphatic heterocycles. The van der Waals surface area contributed by atoms with Crippen LogP contribution in [0.4, 0.5) is 0 Å². The average Bonchev–Trinajstić information content (AvgIpc) is 3.08. The van der Waals surface area contributed by atoms with Crippen molar-refractivity contribution in [2.24, 2.45) is 0 Å². The maximum atomic E-state index is 5.78. The monoisotopic (exact) mass is 301 g/mol. The van der Waals surface area contributed by atoms with E-state index in [1.165, 1.54) is 5.56 Å². The fourth-order valence-electron chi connectivity index (χ4n) is 2.12. The van der Waals surface area contributed by atoms with Crippen LogP contribution in [0, 0.1) is 0 Å². The van der Waals surface area contributed by atoms with Gasteiger partial charge in [-0.1, -0.05) is 19.1 Å². The van der Waals surface area contributed by atoms with Crippen LogP contribution in [0.3, 0.4) is 0 Å². The van der Waals surface area contributed by atoms with Crippen LogP contribution in [0.15, 0.2) is 42.0 Å². The summed E-state index contributed by atoms with van der Waals surface area (Å²) in [6, 6.07) is 8.23. The highest BCUT2D eigenvalue weighted by molar-refractivity contribution is 7.15. The van der Waals surface area contributed by atoms with Gasteiger partial charge < -0.3 is 10.1 Å². The van der Waals surface area contributed by atoms with E-state index in [9.17, 15) is 0 Å². The van der Waals surface area contributed by atoms with Crippen LogP contribution < -0.4 is 10.1 Å². The molecule has 2 aromatic heterocycles. The maximum Gasteiger partial charge on any atom is 0.193 e. The second-order valence-corrected chi connectivity index (χ2v) is 5.81. The number of nitrogens with zero attached hydrogens (tertiary/aromatic N) is 2. The van der Waals surface area contributed by atoms with Crippen molar-refractivity contribution in [3.05, 3.63) is 53.3 Å². The first-order valence-electron chi connectivity index (χ1n) is 7.18. The zero-order valence-electron chi connectivity index (χ0n) is 12.1. The van der Waals surface area contributed by atoms with Crippen molar-refractivity contribution in [2.75, 3.05) is 6.54 Å². The van der Waals surface area contributed by atoms with Crippen molar-refractivity contribution in [2.45, 2.75) is 26.5 Å². The SMILES string of the molecule is CCCNCc1ccc(OCc2cn3ccsc3n2)cc1. The fraction of sp³-hybridized carbons (Fsp3) is 0.312. The molecule has 0 aliphatic carbocycles. The van der Waals surface area contributed by atoms with E-state index in [4.69, 9.17) is 4.74 Å². The van der Waals surface area contributed by atoms with Gasteiger partial charge in [0.05, 0.1) is 5.69 Å². The van der Waals surface area contributed by atoms with Crippen molar-refractivity contribution in [3.8, 4) is 5.75 Å². The second-order valence-electron chi connectivity index (χ2n) is 4.93. The lowest BCUT2D eigenvalue weighted by atomic mass is 10.2. The Balaban J connectivity index is 1.54. The van der Waals surface area contributed by atoms with Gasteiger partial charge in [0.15, 0.2) is 4.96 Å². The number of nitrogens with one attached hydrogen (secondary N) is 1. The predicted molar refractivity (Wildman–Crippen MR) is 85.8 cm³/mol. The lowest BCUT2D eigenvalue weighted by Gasteiger charge is -2.06. The number of hydrogen-bond acceptors (Lipinski definition) is 4. The molecule has 0 spiro atoms. The fourth-order valence-corrected chi connectivity index (χ4v) is 2.83. The number of imidazole rings is 1. The molecule has 0 atom stereocenters. The topological polar surface area (TPSA) is 38.6 Å². The summed E-state index contributed by atoms with van der Waals surface area (Å²) in [5.74, 6) is 0.880. The molecule has 3 aromatic rings. The third kappa shape index (κ3) is 3.62. The Bertz CT molecular complexity index is 658. The predicted octanol–water partition coefficient (Wildman–Crippen LogP) is 3.47. The van der Waals surface area contributed by atoms with Gasteiger partial charge in [-0.15, -0.1) is 11.3 Å². The quantitative estimate of drug-likeness (QED) is 0.679. The van der Waals surface area contributed by atoms with E-state index in [2.05, 4.69) is 29.4 Å². The van der Waals surface area contributed by atoms with Gasteiger partial charge in [-0.25, -0.2) is 4.98 Å². The summed E-state index contributed by atoms with van der Waals surface area (Å²) in [5.41, 5.74) is 2.23. The minimum Gasteiger partial charge on any atom is -0.487 e. The summed E-state index contributed by atoms with van der Waals surface area (Å²) in [6.45, 7) is 4.63. The lowest BCUT2D eigenvalue weighted by molar-refractivity contribution is 0.302. The maximum absolute atomic E-state index is 5.78. The summed E-state index contributed by atoms with van der Waals surface area (Å²) >= 11 is 1.63. The van der Waals surface area contributed by atoms with Crippen LogP contribution in [0.25, 0.3) is 4.96 Å². The number of hydrogen-bond donors (Lipinski definition) is 1. The molecule has 0 radical (unpaired) electrons. The van der Waals surface area contributed by atoms with Gasteiger partial charge in [0, 0.05) is 24.3 Å². The molecule has 2 heterocycles. The van der Waals surface area contributed by atoms with E-state index in [0.717, 1.165) is 35.9 Å². The number of rotatable bonds is 7. The van der Waals surface area contributed by atoms with E-state index >= 15 is 0 Å². The highest BCUT2D eigenvalue weighted by Crippen LogP contribution is 2.16. The Labute approximate surface area is 128 Å². The van der Waals surface area contributed by atoms with Gasteiger partial charge >= 0.3 is 0 Å². The molecule has 0 saturated heterocycles. The second kappa shape index (κ2) is 6.74. The molecule has 0 fully saturated rings. The molecule has 5 heteroatoms. The smallest absolute Gasteiger partial charge is 0.193 e.